The second-order valence-electron chi connectivity index (χ2n) is 4.94. The lowest BCUT2D eigenvalue weighted by Gasteiger charge is -1.98. The molecule has 3 aromatic rings. The lowest BCUT2D eigenvalue weighted by Crippen LogP contribution is -1.99. The molecule has 0 atom stereocenters. The number of nitrogens with zero attached hydrogens (tertiary/aromatic N) is 4. The second-order valence-corrected chi connectivity index (χ2v) is 4.94. The quantitative estimate of drug-likeness (QED) is 0.702. The van der Waals surface area contributed by atoms with Crippen molar-refractivity contribution in [1.29, 1.82) is 0 Å². The van der Waals surface area contributed by atoms with Crippen LogP contribution < -0.4 is 0 Å². The van der Waals surface area contributed by atoms with E-state index in [2.05, 4.69) is 39.0 Å². The van der Waals surface area contributed by atoms with Gasteiger partial charge >= 0.3 is 0 Å². The van der Waals surface area contributed by atoms with Gasteiger partial charge in [-0.15, -0.1) is 0 Å². The molecule has 0 N–H and O–H groups in total. The summed E-state index contributed by atoms with van der Waals surface area (Å²) in [5, 5.41) is 4.20. The molecule has 0 saturated heterocycles. The van der Waals surface area contributed by atoms with E-state index < -0.39 is 0 Å². The average molecular weight is 238 g/mol. The predicted octanol–water partition coefficient (Wildman–Crippen LogP) is 2.46. The smallest absolute Gasteiger partial charge is 0.137 e. The van der Waals surface area contributed by atoms with Crippen LogP contribution in [-0.2, 0) is 6.54 Å². The SMILES string of the molecule is c1cnn(Cc2cn3cc(C4CC4)ccc3n2)c1. The van der Waals surface area contributed by atoms with E-state index in [1.165, 1.54) is 18.4 Å². The highest BCUT2D eigenvalue weighted by Crippen LogP contribution is 2.39. The number of rotatable bonds is 3. The zero-order valence-electron chi connectivity index (χ0n) is 10.0. The van der Waals surface area contributed by atoms with Gasteiger partial charge in [-0.3, -0.25) is 4.68 Å². The first-order valence-corrected chi connectivity index (χ1v) is 6.33. The number of pyridine rings is 1. The standard InChI is InChI=1S/C14H14N4/c1-6-15-18(7-1)10-13-9-17-8-12(11-2-3-11)4-5-14(17)16-13/h1,4-9,11H,2-3,10H2. The highest BCUT2D eigenvalue weighted by Gasteiger charge is 2.23. The van der Waals surface area contributed by atoms with Crippen molar-refractivity contribution in [2.45, 2.75) is 25.3 Å². The molecule has 0 aromatic carbocycles. The summed E-state index contributed by atoms with van der Waals surface area (Å²) < 4.78 is 4.02. The number of aromatic nitrogens is 4. The van der Waals surface area contributed by atoms with Gasteiger partial charge in [-0.1, -0.05) is 6.07 Å². The Kier molecular flexibility index (Phi) is 2.03. The van der Waals surface area contributed by atoms with Crippen molar-refractivity contribution >= 4 is 5.65 Å². The molecule has 3 aromatic heterocycles. The Morgan fingerprint density at radius 3 is 2.94 bits per heavy atom. The van der Waals surface area contributed by atoms with E-state index in [0.717, 1.165) is 23.8 Å². The molecular formula is C14H14N4. The fourth-order valence-electron chi connectivity index (χ4n) is 2.36. The third-order valence-electron chi connectivity index (χ3n) is 3.46. The Morgan fingerprint density at radius 2 is 2.17 bits per heavy atom. The first kappa shape index (κ1) is 9.88. The Balaban J connectivity index is 1.70. The molecule has 1 aliphatic rings. The van der Waals surface area contributed by atoms with Crippen LogP contribution in [0.2, 0.25) is 0 Å². The van der Waals surface area contributed by atoms with Crippen LogP contribution in [0.3, 0.4) is 0 Å². The van der Waals surface area contributed by atoms with Crippen molar-refractivity contribution in [3.63, 3.8) is 0 Å². The van der Waals surface area contributed by atoms with E-state index in [-0.39, 0.29) is 0 Å². The van der Waals surface area contributed by atoms with Gasteiger partial charge in [0.25, 0.3) is 0 Å². The van der Waals surface area contributed by atoms with E-state index in [1.54, 1.807) is 6.20 Å². The normalized spacial score (nSPS) is 15.3. The zero-order chi connectivity index (χ0) is 11.9. The van der Waals surface area contributed by atoms with E-state index in [4.69, 9.17) is 0 Å². The summed E-state index contributed by atoms with van der Waals surface area (Å²) in [6, 6.07) is 6.25. The van der Waals surface area contributed by atoms with Gasteiger partial charge in [0.15, 0.2) is 0 Å². The minimum Gasteiger partial charge on any atom is -0.306 e. The largest absolute Gasteiger partial charge is 0.306 e. The molecule has 1 aliphatic carbocycles. The lowest BCUT2D eigenvalue weighted by molar-refractivity contribution is 0.676. The molecule has 1 fully saturated rings. The highest BCUT2D eigenvalue weighted by atomic mass is 15.3. The molecule has 4 rings (SSSR count). The maximum absolute atomic E-state index is 4.61. The molecule has 0 aliphatic heterocycles. The summed E-state index contributed by atoms with van der Waals surface area (Å²) in [7, 11) is 0. The van der Waals surface area contributed by atoms with Gasteiger partial charge in [-0.25, -0.2) is 4.98 Å². The minimum absolute atomic E-state index is 0.730. The first-order valence-electron chi connectivity index (χ1n) is 6.33. The Bertz CT molecular complexity index is 677. The molecular weight excluding hydrogens is 224 g/mol. The molecule has 1 saturated carbocycles. The van der Waals surface area contributed by atoms with Gasteiger partial charge < -0.3 is 4.40 Å². The second kappa shape index (κ2) is 3.70. The topological polar surface area (TPSA) is 35.1 Å². The molecule has 0 spiro atoms. The molecule has 0 radical (unpaired) electrons. The van der Waals surface area contributed by atoms with Gasteiger partial charge in [0.2, 0.25) is 0 Å². The van der Waals surface area contributed by atoms with Gasteiger partial charge in [0.05, 0.1) is 12.2 Å². The Hall–Kier alpha value is -2.10. The molecule has 90 valence electrons. The third kappa shape index (κ3) is 1.70. The van der Waals surface area contributed by atoms with Crippen LogP contribution in [0.4, 0.5) is 0 Å². The van der Waals surface area contributed by atoms with E-state index in [1.807, 2.05) is 16.9 Å². The fraction of sp³-hybridized carbons (Fsp3) is 0.286. The monoisotopic (exact) mass is 238 g/mol. The van der Waals surface area contributed by atoms with E-state index in [9.17, 15) is 0 Å². The van der Waals surface area contributed by atoms with Crippen LogP contribution in [0.5, 0.6) is 0 Å². The first-order chi connectivity index (χ1) is 8.88. The van der Waals surface area contributed by atoms with Crippen molar-refractivity contribution in [3.8, 4) is 0 Å². The Labute approximate surface area is 105 Å². The molecule has 4 heteroatoms. The van der Waals surface area contributed by atoms with Gasteiger partial charge in [0.1, 0.15) is 5.65 Å². The molecule has 18 heavy (non-hydrogen) atoms. The van der Waals surface area contributed by atoms with Crippen LogP contribution in [0.1, 0.15) is 30.0 Å². The van der Waals surface area contributed by atoms with Crippen LogP contribution in [0, 0.1) is 0 Å². The Morgan fingerprint density at radius 1 is 1.22 bits per heavy atom. The number of fused-ring (bicyclic) bond motifs is 1. The van der Waals surface area contributed by atoms with Crippen molar-refractivity contribution in [2.24, 2.45) is 0 Å². The molecule has 3 heterocycles. The van der Waals surface area contributed by atoms with Crippen LogP contribution in [-0.4, -0.2) is 19.2 Å². The van der Waals surface area contributed by atoms with E-state index >= 15 is 0 Å². The maximum Gasteiger partial charge on any atom is 0.137 e. The third-order valence-corrected chi connectivity index (χ3v) is 3.46. The minimum atomic E-state index is 0.730. The van der Waals surface area contributed by atoms with Crippen LogP contribution >= 0.6 is 0 Å². The van der Waals surface area contributed by atoms with Crippen molar-refractivity contribution in [2.75, 3.05) is 0 Å². The molecule has 0 unspecified atom stereocenters. The van der Waals surface area contributed by atoms with Crippen molar-refractivity contribution in [3.05, 3.63) is 54.2 Å². The van der Waals surface area contributed by atoms with Crippen LogP contribution in [0.15, 0.2) is 43.0 Å². The lowest BCUT2D eigenvalue weighted by atomic mass is 10.2. The van der Waals surface area contributed by atoms with E-state index in [0.29, 0.717) is 0 Å². The summed E-state index contributed by atoms with van der Waals surface area (Å²) in [5.74, 6) is 0.784. The maximum atomic E-state index is 4.61. The number of hydrogen-bond donors (Lipinski definition) is 0. The summed E-state index contributed by atoms with van der Waals surface area (Å²) >= 11 is 0. The fourth-order valence-corrected chi connectivity index (χ4v) is 2.36. The highest BCUT2D eigenvalue weighted by molar-refractivity contribution is 5.42. The van der Waals surface area contributed by atoms with Crippen LogP contribution in [0.25, 0.3) is 5.65 Å². The summed E-state index contributed by atoms with van der Waals surface area (Å²) in [5.41, 5.74) is 3.50. The summed E-state index contributed by atoms with van der Waals surface area (Å²) in [4.78, 5) is 4.61. The average Bonchev–Trinajstić information content (AvgIpc) is 2.96. The number of hydrogen-bond acceptors (Lipinski definition) is 2. The molecule has 0 bridgehead atoms. The van der Waals surface area contributed by atoms with Gasteiger partial charge in [-0.2, -0.15) is 5.10 Å². The summed E-state index contributed by atoms with van der Waals surface area (Å²) in [6.07, 6.45) is 10.7. The summed E-state index contributed by atoms with van der Waals surface area (Å²) in [6.45, 7) is 0.730. The predicted molar refractivity (Wildman–Crippen MR) is 68.5 cm³/mol. The van der Waals surface area contributed by atoms with Crippen molar-refractivity contribution in [1.82, 2.24) is 19.2 Å². The van der Waals surface area contributed by atoms with Gasteiger partial charge in [0, 0.05) is 24.8 Å². The molecule has 4 nitrogen and oxygen atoms in total. The molecule has 0 amide bonds. The number of imidazole rings is 1. The zero-order valence-corrected chi connectivity index (χ0v) is 10.0. The van der Waals surface area contributed by atoms with Crippen molar-refractivity contribution < 1.29 is 0 Å². The van der Waals surface area contributed by atoms with Gasteiger partial charge in [-0.05, 0) is 36.5 Å².